The largest absolute Gasteiger partial charge is 0.455 e. The highest BCUT2D eigenvalue weighted by Gasteiger charge is 2.10. The smallest absolute Gasteiger partial charge is 0.152 e. The molecule has 4 aromatic rings. The van der Waals surface area contributed by atoms with Crippen LogP contribution < -0.4 is 10.5 Å². The zero-order chi connectivity index (χ0) is 14.9. The Bertz CT molecular complexity index is 968. The number of nitrogen functional groups attached to an aromatic ring is 1. The number of aromatic nitrogens is 2. The quantitative estimate of drug-likeness (QED) is 0.444. The van der Waals surface area contributed by atoms with Crippen molar-refractivity contribution in [2.45, 2.75) is 0 Å². The van der Waals surface area contributed by atoms with E-state index < -0.39 is 0 Å². The molecule has 3 aromatic carbocycles. The lowest BCUT2D eigenvalue weighted by molar-refractivity contribution is 0.485. The van der Waals surface area contributed by atoms with Crippen molar-refractivity contribution in [2.24, 2.45) is 0 Å². The highest BCUT2D eigenvalue weighted by atomic mass is 16.5. The molecular weight excluding hydrogens is 274 g/mol. The minimum Gasteiger partial charge on any atom is -0.455 e. The van der Waals surface area contributed by atoms with E-state index in [0.29, 0.717) is 17.0 Å². The Kier molecular flexibility index (Phi) is 2.86. The SMILES string of the molecule is Nc1c(Oc2ccccc2)ccc2nc3ccccc3nc12. The third kappa shape index (κ3) is 2.11. The summed E-state index contributed by atoms with van der Waals surface area (Å²) in [6, 6.07) is 21.0. The van der Waals surface area contributed by atoms with Gasteiger partial charge in [0.25, 0.3) is 0 Å². The van der Waals surface area contributed by atoms with Crippen LogP contribution in [0.1, 0.15) is 0 Å². The Labute approximate surface area is 127 Å². The van der Waals surface area contributed by atoms with Crippen molar-refractivity contribution in [3.8, 4) is 11.5 Å². The van der Waals surface area contributed by atoms with Gasteiger partial charge >= 0.3 is 0 Å². The van der Waals surface area contributed by atoms with Gasteiger partial charge in [0.1, 0.15) is 17.0 Å². The third-order valence-electron chi connectivity index (χ3n) is 3.48. The molecule has 22 heavy (non-hydrogen) atoms. The lowest BCUT2D eigenvalue weighted by Crippen LogP contribution is -1.97. The van der Waals surface area contributed by atoms with E-state index in [1.807, 2.05) is 66.7 Å². The fraction of sp³-hybridized carbons (Fsp3) is 0. The van der Waals surface area contributed by atoms with Crippen molar-refractivity contribution in [1.29, 1.82) is 0 Å². The molecule has 4 heteroatoms. The van der Waals surface area contributed by atoms with Crippen LogP contribution in [0.25, 0.3) is 22.1 Å². The molecule has 106 valence electrons. The maximum absolute atomic E-state index is 6.23. The Morgan fingerprint density at radius 2 is 1.36 bits per heavy atom. The summed E-state index contributed by atoms with van der Waals surface area (Å²) in [6.45, 7) is 0. The van der Waals surface area contributed by atoms with Gasteiger partial charge in [0, 0.05) is 0 Å². The molecule has 0 radical (unpaired) electrons. The summed E-state index contributed by atoms with van der Waals surface area (Å²) < 4.78 is 5.84. The zero-order valence-electron chi connectivity index (χ0n) is 11.7. The van der Waals surface area contributed by atoms with Crippen molar-refractivity contribution >= 4 is 27.8 Å². The van der Waals surface area contributed by atoms with Crippen LogP contribution in [0.3, 0.4) is 0 Å². The van der Waals surface area contributed by atoms with Crippen LogP contribution in [0.4, 0.5) is 5.69 Å². The molecule has 4 rings (SSSR count). The fourth-order valence-corrected chi connectivity index (χ4v) is 2.39. The lowest BCUT2D eigenvalue weighted by Gasteiger charge is -2.10. The van der Waals surface area contributed by atoms with Crippen molar-refractivity contribution in [1.82, 2.24) is 9.97 Å². The molecule has 0 bridgehead atoms. The van der Waals surface area contributed by atoms with E-state index >= 15 is 0 Å². The molecule has 0 aliphatic carbocycles. The normalized spacial score (nSPS) is 10.9. The van der Waals surface area contributed by atoms with Gasteiger partial charge in [-0.05, 0) is 36.4 Å². The number of para-hydroxylation sites is 3. The van der Waals surface area contributed by atoms with Crippen LogP contribution in [-0.2, 0) is 0 Å². The van der Waals surface area contributed by atoms with Crippen molar-refractivity contribution in [3.05, 3.63) is 66.7 Å². The Hall–Kier alpha value is -3.14. The molecule has 0 amide bonds. The predicted octanol–water partition coefficient (Wildman–Crippen LogP) is 4.16. The number of benzene rings is 3. The molecule has 2 N–H and O–H groups in total. The van der Waals surface area contributed by atoms with E-state index in [0.717, 1.165) is 22.3 Å². The minimum absolute atomic E-state index is 0.500. The summed E-state index contributed by atoms with van der Waals surface area (Å²) in [5.41, 5.74) is 9.82. The second kappa shape index (κ2) is 5.00. The number of anilines is 1. The van der Waals surface area contributed by atoms with Gasteiger partial charge in [-0.1, -0.05) is 30.3 Å². The van der Waals surface area contributed by atoms with Gasteiger partial charge in [-0.3, -0.25) is 0 Å². The summed E-state index contributed by atoms with van der Waals surface area (Å²) in [5.74, 6) is 1.32. The molecule has 0 aliphatic rings. The average Bonchev–Trinajstić information content (AvgIpc) is 2.57. The van der Waals surface area contributed by atoms with Gasteiger partial charge in [0.05, 0.1) is 16.6 Å². The van der Waals surface area contributed by atoms with Crippen molar-refractivity contribution < 1.29 is 4.74 Å². The van der Waals surface area contributed by atoms with E-state index in [4.69, 9.17) is 10.5 Å². The Morgan fingerprint density at radius 1 is 0.682 bits per heavy atom. The van der Waals surface area contributed by atoms with E-state index in [9.17, 15) is 0 Å². The molecule has 1 heterocycles. The maximum atomic E-state index is 6.23. The van der Waals surface area contributed by atoms with Gasteiger partial charge < -0.3 is 10.5 Å². The second-order valence-corrected chi connectivity index (χ2v) is 4.97. The maximum Gasteiger partial charge on any atom is 0.152 e. The zero-order valence-corrected chi connectivity index (χ0v) is 11.7. The molecule has 0 spiro atoms. The number of nitrogens with two attached hydrogens (primary N) is 1. The molecule has 0 aliphatic heterocycles. The molecule has 0 saturated carbocycles. The monoisotopic (exact) mass is 287 g/mol. The highest BCUT2D eigenvalue weighted by Crippen LogP contribution is 2.32. The molecule has 0 atom stereocenters. The van der Waals surface area contributed by atoms with Gasteiger partial charge in [0.15, 0.2) is 5.75 Å². The number of rotatable bonds is 2. The molecule has 1 aromatic heterocycles. The molecule has 0 unspecified atom stereocenters. The molecule has 0 fully saturated rings. The first-order valence-corrected chi connectivity index (χ1v) is 6.99. The topological polar surface area (TPSA) is 61.0 Å². The number of nitrogens with zero attached hydrogens (tertiary/aromatic N) is 2. The van der Waals surface area contributed by atoms with Crippen molar-refractivity contribution in [3.63, 3.8) is 0 Å². The standard InChI is InChI=1S/C18H13N3O/c19-17-16(22-12-6-2-1-3-7-12)11-10-15-18(17)21-14-9-5-4-8-13(14)20-15/h1-11H,19H2. The van der Waals surface area contributed by atoms with Gasteiger partial charge in [-0.2, -0.15) is 0 Å². The first kappa shape index (κ1) is 12.6. The van der Waals surface area contributed by atoms with Crippen LogP contribution in [0.5, 0.6) is 11.5 Å². The lowest BCUT2D eigenvalue weighted by atomic mass is 10.2. The third-order valence-corrected chi connectivity index (χ3v) is 3.48. The summed E-state index contributed by atoms with van der Waals surface area (Å²) in [7, 11) is 0. The summed E-state index contributed by atoms with van der Waals surface area (Å²) in [4.78, 5) is 9.20. The van der Waals surface area contributed by atoms with E-state index in [2.05, 4.69) is 9.97 Å². The van der Waals surface area contributed by atoms with Crippen LogP contribution in [0.2, 0.25) is 0 Å². The van der Waals surface area contributed by atoms with Gasteiger partial charge in [-0.15, -0.1) is 0 Å². The Morgan fingerprint density at radius 3 is 2.14 bits per heavy atom. The summed E-state index contributed by atoms with van der Waals surface area (Å²) in [6.07, 6.45) is 0. The number of fused-ring (bicyclic) bond motifs is 2. The average molecular weight is 287 g/mol. The number of hydrogen-bond acceptors (Lipinski definition) is 4. The van der Waals surface area contributed by atoms with Gasteiger partial charge in [0.2, 0.25) is 0 Å². The summed E-state index contributed by atoms with van der Waals surface area (Å²) in [5, 5.41) is 0. The second-order valence-electron chi connectivity index (χ2n) is 4.97. The van der Waals surface area contributed by atoms with Crippen molar-refractivity contribution in [2.75, 3.05) is 5.73 Å². The first-order chi connectivity index (χ1) is 10.8. The number of hydrogen-bond donors (Lipinski definition) is 1. The first-order valence-electron chi connectivity index (χ1n) is 6.99. The van der Waals surface area contributed by atoms with E-state index in [1.165, 1.54) is 0 Å². The summed E-state index contributed by atoms with van der Waals surface area (Å²) >= 11 is 0. The molecular formula is C18H13N3O. The predicted molar refractivity (Wildman–Crippen MR) is 88.0 cm³/mol. The van der Waals surface area contributed by atoms with E-state index in [1.54, 1.807) is 0 Å². The fourth-order valence-electron chi connectivity index (χ4n) is 2.39. The van der Waals surface area contributed by atoms with Gasteiger partial charge in [-0.25, -0.2) is 9.97 Å². The minimum atomic E-state index is 0.500. The Balaban J connectivity index is 1.87. The molecule has 4 nitrogen and oxygen atoms in total. The number of ether oxygens (including phenoxy) is 1. The van der Waals surface area contributed by atoms with Crippen LogP contribution in [0, 0.1) is 0 Å². The molecule has 0 saturated heterocycles. The highest BCUT2D eigenvalue weighted by molar-refractivity contribution is 5.95. The van der Waals surface area contributed by atoms with Crippen LogP contribution in [-0.4, -0.2) is 9.97 Å². The van der Waals surface area contributed by atoms with Crippen LogP contribution in [0.15, 0.2) is 66.7 Å². The van der Waals surface area contributed by atoms with E-state index in [-0.39, 0.29) is 0 Å². The van der Waals surface area contributed by atoms with Crippen LogP contribution >= 0.6 is 0 Å².